The molecule has 0 radical (unpaired) electrons. The fraction of sp³-hybridized carbons (Fsp3) is 0.480. The maximum atomic E-state index is 13.3. The van der Waals surface area contributed by atoms with Crippen molar-refractivity contribution in [3.05, 3.63) is 53.8 Å². The fourth-order valence-electron chi connectivity index (χ4n) is 4.46. The van der Waals surface area contributed by atoms with E-state index in [9.17, 15) is 9.18 Å². The van der Waals surface area contributed by atoms with Gasteiger partial charge in [-0.2, -0.15) is 0 Å². The molecule has 1 saturated heterocycles. The summed E-state index contributed by atoms with van der Waals surface area (Å²) in [4.78, 5) is 16.5. The first-order valence-electron chi connectivity index (χ1n) is 11.3. The van der Waals surface area contributed by atoms with Gasteiger partial charge in [0.05, 0.1) is 11.4 Å². The number of hydrogen-bond acceptors (Lipinski definition) is 4. The van der Waals surface area contributed by atoms with E-state index in [4.69, 9.17) is 5.84 Å². The topological polar surface area (TPSA) is 52.8 Å². The summed E-state index contributed by atoms with van der Waals surface area (Å²) < 4.78 is 13.3. The Labute approximate surface area is 185 Å². The van der Waals surface area contributed by atoms with Crippen LogP contribution in [0.4, 0.5) is 21.5 Å². The average Bonchev–Trinajstić information content (AvgIpc) is 2.73. The van der Waals surface area contributed by atoms with Crippen LogP contribution in [0.25, 0.3) is 0 Å². The first kappa shape index (κ1) is 23.1. The van der Waals surface area contributed by atoms with Gasteiger partial charge in [0, 0.05) is 38.3 Å². The molecule has 1 aliphatic rings. The summed E-state index contributed by atoms with van der Waals surface area (Å²) in [6.07, 6.45) is 2.90. The largest absolute Gasteiger partial charge is 0.368 e. The predicted octanol–water partition coefficient (Wildman–Crippen LogP) is 4.87. The van der Waals surface area contributed by atoms with Crippen LogP contribution in [-0.2, 0) is 11.2 Å². The van der Waals surface area contributed by atoms with Crippen molar-refractivity contribution in [3.8, 4) is 0 Å². The molecule has 168 valence electrons. The van der Waals surface area contributed by atoms with Gasteiger partial charge in [-0.3, -0.25) is 9.80 Å². The van der Waals surface area contributed by atoms with Crippen molar-refractivity contribution >= 4 is 23.0 Å². The summed E-state index contributed by atoms with van der Waals surface area (Å²) in [5.41, 5.74) is 4.01. The molecule has 5 nitrogen and oxygen atoms in total. The summed E-state index contributed by atoms with van der Waals surface area (Å²) in [7, 11) is 0. The molecule has 1 fully saturated rings. The lowest BCUT2D eigenvalue weighted by Crippen LogP contribution is -2.55. The second-order valence-electron chi connectivity index (χ2n) is 8.85. The van der Waals surface area contributed by atoms with Crippen LogP contribution in [0.2, 0.25) is 0 Å². The van der Waals surface area contributed by atoms with E-state index in [0.29, 0.717) is 5.92 Å². The number of rotatable bonds is 7. The van der Waals surface area contributed by atoms with Crippen LogP contribution in [-0.4, -0.2) is 36.5 Å². The summed E-state index contributed by atoms with van der Waals surface area (Å²) >= 11 is 0. The Bertz CT molecular complexity index is 884. The minimum atomic E-state index is -0.276. The monoisotopic (exact) mass is 426 g/mol. The number of piperazine rings is 1. The highest BCUT2D eigenvalue weighted by atomic mass is 19.1. The number of benzene rings is 2. The van der Waals surface area contributed by atoms with Crippen LogP contribution >= 0.6 is 0 Å². The van der Waals surface area contributed by atoms with Gasteiger partial charge in [-0.1, -0.05) is 27.2 Å². The van der Waals surface area contributed by atoms with Gasteiger partial charge in [-0.05, 0) is 66.8 Å². The predicted molar refractivity (Wildman–Crippen MR) is 126 cm³/mol. The van der Waals surface area contributed by atoms with Gasteiger partial charge in [0.1, 0.15) is 5.82 Å². The number of carbonyl (C=O) groups is 1. The molecule has 1 atom stereocenters. The number of hydrogen-bond donors (Lipinski definition) is 1. The number of hydrazine groups is 1. The maximum Gasteiger partial charge on any atom is 0.219 e. The minimum absolute atomic E-state index is 0.158. The molecule has 1 heterocycles. The second-order valence-corrected chi connectivity index (χ2v) is 8.85. The van der Waals surface area contributed by atoms with Crippen LogP contribution in [0, 0.1) is 11.7 Å². The normalized spacial score (nSPS) is 16.7. The summed E-state index contributed by atoms with van der Waals surface area (Å²) in [5, 5.41) is 1.63. The number of nitrogens with two attached hydrogens (primary N) is 1. The van der Waals surface area contributed by atoms with E-state index in [-0.39, 0.29) is 17.8 Å². The summed E-state index contributed by atoms with van der Waals surface area (Å²) in [6, 6.07) is 12.8. The van der Waals surface area contributed by atoms with Crippen molar-refractivity contribution in [1.82, 2.24) is 4.90 Å². The zero-order valence-electron chi connectivity index (χ0n) is 19.1. The molecule has 2 N–H and O–H groups in total. The van der Waals surface area contributed by atoms with Crippen molar-refractivity contribution in [2.45, 2.75) is 53.0 Å². The standard InChI is InChI=1S/C25H35FN4O/c1-5-6-20-16-23(11-12-25(20)30(27)22-9-7-21(26)8-10-22)28-13-14-29(19(4)31)24(17-28)15-18(2)3/h7-12,16,18,24H,5-6,13-15,17,27H2,1-4H3/t24-/m1/s1. The lowest BCUT2D eigenvalue weighted by Gasteiger charge is -2.43. The molecule has 1 amide bonds. The smallest absolute Gasteiger partial charge is 0.219 e. The third kappa shape index (κ3) is 5.56. The number of aryl methyl sites for hydroxylation is 1. The average molecular weight is 427 g/mol. The Kier molecular flexibility index (Phi) is 7.55. The second kappa shape index (κ2) is 10.1. The fourth-order valence-corrected chi connectivity index (χ4v) is 4.46. The third-order valence-corrected chi connectivity index (χ3v) is 5.94. The lowest BCUT2D eigenvalue weighted by molar-refractivity contribution is -0.131. The molecule has 2 aromatic rings. The number of amides is 1. The van der Waals surface area contributed by atoms with Gasteiger partial charge in [0.2, 0.25) is 5.91 Å². The Morgan fingerprint density at radius 3 is 2.52 bits per heavy atom. The molecular formula is C25H35FN4O. The molecule has 1 aliphatic heterocycles. The molecule has 0 aliphatic carbocycles. The van der Waals surface area contributed by atoms with Gasteiger partial charge < -0.3 is 9.80 Å². The van der Waals surface area contributed by atoms with E-state index >= 15 is 0 Å². The number of anilines is 3. The molecular weight excluding hydrogens is 391 g/mol. The first-order valence-corrected chi connectivity index (χ1v) is 11.3. The van der Waals surface area contributed by atoms with Crippen molar-refractivity contribution in [2.75, 3.05) is 29.5 Å². The highest BCUT2D eigenvalue weighted by molar-refractivity contribution is 5.74. The molecule has 31 heavy (non-hydrogen) atoms. The van der Waals surface area contributed by atoms with E-state index in [1.807, 2.05) is 4.90 Å². The van der Waals surface area contributed by atoms with E-state index in [0.717, 1.165) is 56.0 Å². The molecule has 0 spiro atoms. The zero-order valence-corrected chi connectivity index (χ0v) is 19.1. The van der Waals surface area contributed by atoms with Crippen molar-refractivity contribution in [2.24, 2.45) is 11.8 Å². The van der Waals surface area contributed by atoms with Crippen molar-refractivity contribution in [1.29, 1.82) is 0 Å². The molecule has 0 saturated carbocycles. The highest BCUT2D eigenvalue weighted by Crippen LogP contribution is 2.32. The summed E-state index contributed by atoms with van der Waals surface area (Å²) in [5.74, 6) is 6.82. The molecule has 0 unspecified atom stereocenters. The van der Waals surface area contributed by atoms with Crippen LogP contribution < -0.4 is 15.8 Å². The molecule has 3 rings (SSSR count). The highest BCUT2D eigenvalue weighted by Gasteiger charge is 2.29. The molecule has 6 heteroatoms. The number of nitrogens with zero attached hydrogens (tertiary/aromatic N) is 3. The number of carbonyl (C=O) groups excluding carboxylic acids is 1. The van der Waals surface area contributed by atoms with Gasteiger partial charge in [-0.25, -0.2) is 10.2 Å². The molecule has 0 aromatic heterocycles. The minimum Gasteiger partial charge on any atom is -0.368 e. The van der Waals surface area contributed by atoms with E-state index in [1.165, 1.54) is 17.7 Å². The molecule has 0 bridgehead atoms. The Balaban J connectivity index is 1.86. The van der Waals surface area contributed by atoms with Crippen LogP contribution in [0.3, 0.4) is 0 Å². The van der Waals surface area contributed by atoms with Crippen LogP contribution in [0.15, 0.2) is 42.5 Å². The Hall–Kier alpha value is -2.60. The first-order chi connectivity index (χ1) is 14.8. The van der Waals surface area contributed by atoms with Gasteiger partial charge in [0.15, 0.2) is 0 Å². The summed E-state index contributed by atoms with van der Waals surface area (Å²) in [6.45, 7) is 10.6. The van der Waals surface area contributed by atoms with Gasteiger partial charge >= 0.3 is 0 Å². The van der Waals surface area contributed by atoms with Crippen LogP contribution in [0.1, 0.15) is 46.1 Å². The molecule has 2 aromatic carbocycles. The van der Waals surface area contributed by atoms with Gasteiger partial charge in [0.25, 0.3) is 0 Å². The van der Waals surface area contributed by atoms with Gasteiger partial charge in [-0.15, -0.1) is 0 Å². The SMILES string of the molecule is CCCc1cc(N2CCN(C(C)=O)[C@H](CC(C)C)C2)ccc1N(N)c1ccc(F)cc1. The lowest BCUT2D eigenvalue weighted by atomic mass is 9.99. The Morgan fingerprint density at radius 1 is 1.19 bits per heavy atom. The van der Waals surface area contributed by atoms with E-state index < -0.39 is 0 Å². The van der Waals surface area contributed by atoms with E-state index in [1.54, 1.807) is 24.1 Å². The van der Waals surface area contributed by atoms with Crippen LogP contribution in [0.5, 0.6) is 0 Å². The zero-order chi connectivity index (χ0) is 22.5. The maximum absolute atomic E-state index is 13.3. The van der Waals surface area contributed by atoms with Crippen molar-refractivity contribution < 1.29 is 9.18 Å². The van der Waals surface area contributed by atoms with E-state index in [2.05, 4.69) is 43.9 Å². The van der Waals surface area contributed by atoms with Crippen molar-refractivity contribution in [3.63, 3.8) is 0 Å². The quantitative estimate of drug-likeness (QED) is 0.507. The third-order valence-electron chi connectivity index (χ3n) is 5.94. The Morgan fingerprint density at radius 2 is 1.90 bits per heavy atom. The number of halogens is 1.